The molecular formula is C13H19NO3. The van der Waals surface area contributed by atoms with Crippen LogP contribution in [0.5, 0.6) is 5.75 Å². The summed E-state index contributed by atoms with van der Waals surface area (Å²) in [6.45, 7) is 2.79. The average molecular weight is 237 g/mol. The minimum atomic E-state index is -1.12. The first-order valence-corrected chi connectivity index (χ1v) is 5.81. The van der Waals surface area contributed by atoms with Crippen LogP contribution in [0.4, 0.5) is 0 Å². The first-order valence-electron chi connectivity index (χ1n) is 5.81. The normalized spacial score (nSPS) is 11.9. The van der Waals surface area contributed by atoms with Crippen molar-refractivity contribution < 1.29 is 14.6 Å². The van der Waals surface area contributed by atoms with Gasteiger partial charge in [0.1, 0.15) is 5.75 Å². The van der Waals surface area contributed by atoms with Crippen molar-refractivity contribution in [2.24, 2.45) is 0 Å². The summed E-state index contributed by atoms with van der Waals surface area (Å²) in [5.74, 6) is 0.343. The zero-order valence-electron chi connectivity index (χ0n) is 10.3. The molecule has 4 nitrogen and oxygen atoms in total. The van der Waals surface area contributed by atoms with Crippen LogP contribution < -0.4 is 10.1 Å². The molecule has 0 saturated heterocycles. The number of aliphatic hydroxyl groups is 1. The van der Waals surface area contributed by atoms with Gasteiger partial charge >= 0.3 is 0 Å². The van der Waals surface area contributed by atoms with E-state index < -0.39 is 12.0 Å². The van der Waals surface area contributed by atoms with Crippen LogP contribution in [-0.2, 0) is 4.79 Å². The van der Waals surface area contributed by atoms with E-state index in [1.54, 1.807) is 24.3 Å². The molecule has 0 bridgehead atoms. The van der Waals surface area contributed by atoms with Gasteiger partial charge < -0.3 is 15.2 Å². The van der Waals surface area contributed by atoms with Crippen LogP contribution in [0.15, 0.2) is 24.3 Å². The first kappa shape index (κ1) is 13.5. The van der Waals surface area contributed by atoms with E-state index in [2.05, 4.69) is 12.2 Å². The lowest BCUT2D eigenvalue weighted by molar-refractivity contribution is -0.129. The van der Waals surface area contributed by atoms with Gasteiger partial charge in [-0.15, -0.1) is 0 Å². The summed E-state index contributed by atoms with van der Waals surface area (Å²) in [6.07, 6.45) is 0.987. The molecule has 17 heavy (non-hydrogen) atoms. The van der Waals surface area contributed by atoms with E-state index in [-0.39, 0.29) is 0 Å². The molecule has 0 aliphatic carbocycles. The fourth-order valence-corrected chi connectivity index (χ4v) is 1.37. The van der Waals surface area contributed by atoms with Gasteiger partial charge in [0.15, 0.2) is 6.10 Å². The van der Waals surface area contributed by atoms with E-state index in [0.29, 0.717) is 12.2 Å². The van der Waals surface area contributed by atoms with Gasteiger partial charge in [-0.2, -0.15) is 0 Å². The van der Waals surface area contributed by atoms with Gasteiger partial charge in [-0.25, -0.2) is 0 Å². The highest BCUT2D eigenvalue weighted by Gasteiger charge is 2.15. The number of aliphatic hydroxyl groups excluding tert-OH is 1. The fourth-order valence-electron chi connectivity index (χ4n) is 1.37. The molecule has 94 valence electrons. The molecule has 0 fully saturated rings. The Morgan fingerprint density at radius 2 is 2.06 bits per heavy atom. The quantitative estimate of drug-likeness (QED) is 0.739. The molecular weight excluding hydrogens is 218 g/mol. The highest BCUT2D eigenvalue weighted by atomic mass is 16.5. The smallest absolute Gasteiger partial charge is 0.253 e. The standard InChI is InChI=1S/C13H19NO3/c1-3-4-9-17-11-7-5-10(6-8-11)12(15)13(16)14-2/h5-8,12,15H,3-4,9H2,1-2H3,(H,14,16). The van der Waals surface area contributed by atoms with Gasteiger partial charge in [0.2, 0.25) is 0 Å². The molecule has 0 aromatic heterocycles. The van der Waals surface area contributed by atoms with Crippen LogP contribution in [0.1, 0.15) is 31.4 Å². The van der Waals surface area contributed by atoms with Crippen molar-refractivity contribution in [3.05, 3.63) is 29.8 Å². The second-order valence-electron chi connectivity index (χ2n) is 3.79. The third-order valence-electron chi connectivity index (χ3n) is 2.46. The maximum atomic E-state index is 11.2. The molecule has 1 unspecified atom stereocenters. The van der Waals surface area contributed by atoms with E-state index >= 15 is 0 Å². The molecule has 1 aromatic carbocycles. The van der Waals surface area contributed by atoms with Crippen LogP contribution in [0.2, 0.25) is 0 Å². The number of benzene rings is 1. The van der Waals surface area contributed by atoms with Crippen molar-refractivity contribution in [3.8, 4) is 5.75 Å². The summed E-state index contributed by atoms with van der Waals surface area (Å²) < 4.78 is 5.49. The molecule has 0 saturated carbocycles. The number of nitrogens with one attached hydrogen (secondary N) is 1. The molecule has 1 atom stereocenters. The number of ether oxygens (including phenoxy) is 1. The largest absolute Gasteiger partial charge is 0.494 e. The second kappa shape index (κ2) is 6.91. The van der Waals surface area contributed by atoms with Crippen molar-refractivity contribution in [3.63, 3.8) is 0 Å². The van der Waals surface area contributed by atoms with Gasteiger partial charge in [0, 0.05) is 7.05 Å². The van der Waals surface area contributed by atoms with Gasteiger partial charge in [0.05, 0.1) is 6.61 Å². The topological polar surface area (TPSA) is 58.6 Å². The molecule has 0 spiro atoms. The monoisotopic (exact) mass is 237 g/mol. The summed E-state index contributed by atoms with van der Waals surface area (Å²) >= 11 is 0. The van der Waals surface area contributed by atoms with Crippen LogP contribution in [0.25, 0.3) is 0 Å². The Balaban J connectivity index is 2.58. The number of carbonyl (C=O) groups is 1. The Morgan fingerprint density at radius 3 is 2.59 bits per heavy atom. The van der Waals surface area contributed by atoms with Crippen LogP contribution in [0, 0.1) is 0 Å². The minimum absolute atomic E-state index is 0.412. The Kier molecular flexibility index (Phi) is 5.49. The predicted molar refractivity (Wildman–Crippen MR) is 65.9 cm³/mol. The lowest BCUT2D eigenvalue weighted by Crippen LogP contribution is -2.25. The number of carbonyl (C=O) groups excluding carboxylic acids is 1. The number of hydrogen-bond donors (Lipinski definition) is 2. The van der Waals surface area contributed by atoms with Crippen LogP contribution in [0.3, 0.4) is 0 Å². The highest BCUT2D eigenvalue weighted by Crippen LogP contribution is 2.18. The van der Waals surface area contributed by atoms with Crippen LogP contribution >= 0.6 is 0 Å². The Labute approximate surface area is 102 Å². The number of amides is 1. The lowest BCUT2D eigenvalue weighted by atomic mass is 10.1. The lowest BCUT2D eigenvalue weighted by Gasteiger charge is -2.10. The van der Waals surface area contributed by atoms with Crippen molar-refractivity contribution in [1.82, 2.24) is 5.32 Å². The number of rotatable bonds is 6. The van der Waals surface area contributed by atoms with E-state index in [4.69, 9.17) is 4.74 Å². The Bertz CT molecular complexity index is 348. The molecule has 0 heterocycles. The van der Waals surface area contributed by atoms with Crippen molar-refractivity contribution in [2.45, 2.75) is 25.9 Å². The van der Waals surface area contributed by atoms with E-state index in [1.807, 2.05) is 0 Å². The molecule has 4 heteroatoms. The molecule has 0 radical (unpaired) electrons. The molecule has 0 aliphatic rings. The maximum absolute atomic E-state index is 11.2. The molecule has 1 amide bonds. The van der Waals surface area contributed by atoms with E-state index in [1.165, 1.54) is 7.05 Å². The van der Waals surface area contributed by atoms with Crippen LogP contribution in [-0.4, -0.2) is 24.7 Å². The SMILES string of the molecule is CCCCOc1ccc(C(O)C(=O)NC)cc1. The average Bonchev–Trinajstić information content (AvgIpc) is 2.38. The maximum Gasteiger partial charge on any atom is 0.253 e. The Morgan fingerprint density at radius 1 is 1.41 bits per heavy atom. The predicted octanol–water partition coefficient (Wildman–Crippen LogP) is 1.64. The van der Waals surface area contributed by atoms with Crippen molar-refractivity contribution in [1.29, 1.82) is 0 Å². The zero-order chi connectivity index (χ0) is 12.7. The van der Waals surface area contributed by atoms with E-state index in [0.717, 1.165) is 18.6 Å². The highest BCUT2D eigenvalue weighted by molar-refractivity contribution is 5.81. The summed E-state index contributed by atoms with van der Waals surface area (Å²) in [7, 11) is 1.49. The number of likely N-dealkylation sites (N-methyl/N-ethyl adjacent to an activating group) is 1. The second-order valence-corrected chi connectivity index (χ2v) is 3.79. The summed E-state index contributed by atoms with van der Waals surface area (Å²) in [6, 6.07) is 6.91. The summed E-state index contributed by atoms with van der Waals surface area (Å²) in [4.78, 5) is 11.2. The fraction of sp³-hybridized carbons (Fsp3) is 0.462. The van der Waals surface area contributed by atoms with Crippen molar-refractivity contribution in [2.75, 3.05) is 13.7 Å². The minimum Gasteiger partial charge on any atom is -0.494 e. The third kappa shape index (κ3) is 4.07. The zero-order valence-corrected chi connectivity index (χ0v) is 10.3. The molecule has 1 rings (SSSR count). The molecule has 2 N–H and O–H groups in total. The third-order valence-corrected chi connectivity index (χ3v) is 2.46. The molecule has 1 aromatic rings. The van der Waals surface area contributed by atoms with Gasteiger partial charge in [-0.05, 0) is 24.1 Å². The number of hydrogen-bond acceptors (Lipinski definition) is 3. The summed E-state index contributed by atoms with van der Waals surface area (Å²) in [5, 5.41) is 12.0. The Hall–Kier alpha value is -1.55. The van der Waals surface area contributed by atoms with Gasteiger partial charge in [-0.3, -0.25) is 4.79 Å². The first-order chi connectivity index (χ1) is 8.19. The van der Waals surface area contributed by atoms with Crippen molar-refractivity contribution >= 4 is 5.91 Å². The number of unbranched alkanes of at least 4 members (excludes halogenated alkanes) is 1. The van der Waals surface area contributed by atoms with Gasteiger partial charge in [-0.1, -0.05) is 25.5 Å². The summed E-state index contributed by atoms with van der Waals surface area (Å²) in [5.41, 5.74) is 0.562. The molecule has 0 aliphatic heterocycles. The van der Waals surface area contributed by atoms with E-state index in [9.17, 15) is 9.90 Å². The van der Waals surface area contributed by atoms with Gasteiger partial charge in [0.25, 0.3) is 5.91 Å².